The van der Waals surface area contributed by atoms with E-state index in [1.54, 1.807) is 0 Å². The highest BCUT2D eigenvalue weighted by Gasteiger charge is 2.14. The number of hydrogen-bond donors (Lipinski definition) is 1. The molecule has 0 amide bonds. The number of aromatic hydroxyl groups is 1. The minimum Gasteiger partial charge on any atom is -0.506 e. The molecule has 0 aliphatic rings. The summed E-state index contributed by atoms with van der Waals surface area (Å²) in [5, 5.41) is 9.37. The second-order valence-electron chi connectivity index (χ2n) is 2.93. The molecule has 1 N–H and O–H groups in total. The molecule has 0 bridgehead atoms. The lowest BCUT2D eigenvalue weighted by Crippen LogP contribution is -1.99. The maximum absolute atomic E-state index is 11.5. The van der Waals surface area contributed by atoms with Crippen LogP contribution in [0.15, 0.2) is 12.1 Å². The molecule has 0 aliphatic carbocycles. The van der Waals surface area contributed by atoms with E-state index >= 15 is 0 Å². The standard InChI is InChI=1S/C10H10Cl2O2/c1-2-3-7(13)6-4-5-8(14)10(12)9(6)11/h4-5,14H,2-3H2,1H3. The Kier molecular flexibility index (Phi) is 3.78. The summed E-state index contributed by atoms with van der Waals surface area (Å²) < 4.78 is 0. The molecule has 4 heteroatoms. The van der Waals surface area contributed by atoms with Gasteiger partial charge in [-0.05, 0) is 18.6 Å². The fourth-order valence-corrected chi connectivity index (χ4v) is 1.55. The molecule has 0 unspecified atom stereocenters. The van der Waals surface area contributed by atoms with Crippen LogP contribution in [0.25, 0.3) is 0 Å². The van der Waals surface area contributed by atoms with Crippen LogP contribution in [0.1, 0.15) is 30.1 Å². The molecule has 0 heterocycles. The third-order valence-corrected chi connectivity index (χ3v) is 2.71. The zero-order valence-corrected chi connectivity index (χ0v) is 9.19. The lowest BCUT2D eigenvalue weighted by Gasteiger charge is -2.05. The number of carbonyl (C=O) groups excluding carboxylic acids is 1. The van der Waals surface area contributed by atoms with Crippen LogP contribution in [0.5, 0.6) is 5.75 Å². The fourth-order valence-electron chi connectivity index (χ4n) is 1.12. The number of ketones is 1. The maximum atomic E-state index is 11.5. The number of phenols is 1. The van der Waals surface area contributed by atoms with Gasteiger partial charge >= 0.3 is 0 Å². The van der Waals surface area contributed by atoms with Gasteiger partial charge in [0.2, 0.25) is 0 Å². The molecule has 1 rings (SSSR count). The molecule has 0 radical (unpaired) electrons. The van der Waals surface area contributed by atoms with Gasteiger partial charge in [-0.3, -0.25) is 4.79 Å². The van der Waals surface area contributed by atoms with Gasteiger partial charge in [-0.2, -0.15) is 0 Å². The van der Waals surface area contributed by atoms with Crippen molar-refractivity contribution < 1.29 is 9.90 Å². The molecular formula is C10H10Cl2O2. The molecule has 14 heavy (non-hydrogen) atoms. The first-order valence-electron chi connectivity index (χ1n) is 4.28. The molecule has 0 spiro atoms. The second-order valence-corrected chi connectivity index (χ2v) is 3.69. The van der Waals surface area contributed by atoms with Gasteiger partial charge in [-0.15, -0.1) is 0 Å². The predicted molar refractivity (Wildman–Crippen MR) is 57.4 cm³/mol. The third kappa shape index (κ3) is 2.20. The monoisotopic (exact) mass is 232 g/mol. The average molecular weight is 233 g/mol. The third-order valence-electron chi connectivity index (χ3n) is 1.84. The summed E-state index contributed by atoms with van der Waals surface area (Å²) in [6.45, 7) is 1.91. The van der Waals surface area contributed by atoms with Crippen LogP contribution >= 0.6 is 23.2 Å². The number of rotatable bonds is 3. The van der Waals surface area contributed by atoms with Gasteiger partial charge in [0, 0.05) is 12.0 Å². The van der Waals surface area contributed by atoms with Crippen molar-refractivity contribution in [1.82, 2.24) is 0 Å². The molecule has 0 aliphatic heterocycles. The first-order chi connectivity index (χ1) is 6.57. The Morgan fingerprint density at radius 3 is 2.57 bits per heavy atom. The van der Waals surface area contributed by atoms with Crippen LogP contribution < -0.4 is 0 Å². The van der Waals surface area contributed by atoms with Gasteiger partial charge < -0.3 is 5.11 Å². The topological polar surface area (TPSA) is 37.3 Å². The minimum atomic E-state index is -0.107. The highest BCUT2D eigenvalue weighted by molar-refractivity contribution is 6.44. The van der Waals surface area contributed by atoms with Crippen LogP contribution in [-0.4, -0.2) is 10.9 Å². The Bertz CT molecular complexity index is 361. The highest BCUT2D eigenvalue weighted by atomic mass is 35.5. The van der Waals surface area contributed by atoms with Gasteiger partial charge in [0.15, 0.2) is 5.78 Å². The first-order valence-corrected chi connectivity index (χ1v) is 5.03. The summed E-state index contributed by atoms with van der Waals surface area (Å²) in [5.41, 5.74) is 0.372. The smallest absolute Gasteiger partial charge is 0.164 e. The summed E-state index contributed by atoms with van der Waals surface area (Å²) in [6, 6.07) is 2.86. The molecule has 0 saturated carbocycles. The lowest BCUT2D eigenvalue weighted by molar-refractivity contribution is 0.0982. The summed E-state index contributed by atoms with van der Waals surface area (Å²) >= 11 is 11.5. The number of hydrogen-bond acceptors (Lipinski definition) is 2. The van der Waals surface area contributed by atoms with Gasteiger partial charge in [0.1, 0.15) is 10.8 Å². The van der Waals surface area contributed by atoms with Crippen molar-refractivity contribution in [2.24, 2.45) is 0 Å². The first kappa shape index (κ1) is 11.3. The molecular weight excluding hydrogens is 223 g/mol. The van der Waals surface area contributed by atoms with Crippen LogP contribution in [0.4, 0.5) is 0 Å². The van der Waals surface area contributed by atoms with E-state index in [4.69, 9.17) is 23.2 Å². The van der Waals surface area contributed by atoms with Crippen LogP contribution in [0, 0.1) is 0 Å². The van der Waals surface area contributed by atoms with Gasteiger partial charge in [-0.1, -0.05) is 30.1 Å². The van der Waals surface area contributed by atoms with E-state index in [1.165, 1.54) is 12.1 Å². The predicted octanol–water partition coefficient (Wildman–Crippen LogP) is 3.68. The van der Waals surface area contributed by atoms with Crippen molar-refractivity contribution in [1.29, 1.82) is 0 Å². The summed E-state index contributed by atoms with van der Waals surface area (Å²) in [4.78, 5) is 11.5. The highest BCUT2D eigenvalue weighted by Crippen LogP contribution is 2.34. The Labute approximate surface area is 92.5 Å². The number of halogens is 2. The van der Waals surface area contributed by atoms with Gasteiger partial charge in [-0.25, -0.2) is 0 Å². The van der Waals surface area contributed by atoms with Crippen molar-refractivity contribution >= 4 is 29.0 Å². The van der Waals surface area contributed by atoms with E-state index < -0.39 is 0 Å². The number of carbonyl (C=O) groups is 1. The number of Topliss-reactive ketones (excluding diaryl/α,β-unsaturated/α-hetero) is 1. The number of benzene rings is 1. The van der Waals surface area contributed by atoms with Crippen LogP contribution in [0.3, 0.4) is 0 Å². The molecule has 1 aromatic carbocycles. The normalized spacial score (nSPS) is 10.2. The van der Waals surface area contributed by atoms with E-state index in [1.807, 2.05) is 6.92 Å². The largest absolute Gasteiger partial charge is 0.506 e. The van der Waals surface area contributed by atoms with E-state index in [2.05, 4.69) is 0 Å². The van der Waals surface area contributed by atoms with Crippen molar-refractivity contribution in [2.45, 2.75) is 19.8 Å². The molecule has 1 aromatic rings. The van der Waals surface area contributed by atoms with Gasteiger partial charge in [0.05, 0.1) is 5.02 Å². The van der Waals surface area contributed by atoms with Crippen molar-refractivity contribution in [3.05, 3.63) is 27.7 Å². The summed E-state index contributed by atoms with van der Waals surface area (Å²) in [7, 11) is 0. The Balaban J connectivity index is 3.11. The SMILES string of the molecule is CCCC(=O)c1ccc(O)c(Cl)c1Cl. The Morgan fingerprint density at radius 1 is 1.36 bits per heavy atom. The van der Waals surface area contributed by atoms with E-state index in [0.29, 0.717) is 12.0 Å². The number of phenolic OH excluding ortho intramolecular Hbond substituents is 1. The molecule has 76 valence electrons. The zero-order valence-electron chi connectivity index (χ0n) is 7.68. The zero-order chi connectivity index (χ0) is 10.7. The minimum absolute atomic E-state index is 0.0358. The maximum Gasteiger partial charge on any atom is 0.164 e. The molecule has 0 fully saturated rings. The molecule has 0 aromatic heterocycles. The molecule has 0 saturated heterocycles. The van der Waals surface area contributed by atoms with Gasteiger partial charge in [0.25, 0.3) is 0 Å². The summed E-state index contributed by atoms with van der Waals surface area (Å²) in [6.07, 6.45) is 1.19. The van der Waals surface area contributed by atoms with Crippen LogP contribution in [-0.2, 0) is 0 Å². The Morgan fingerprint density at radius 2 is 2.00 bits per heavy atom. The fraction of sp³-hybridized carbons (Fsp3) is 0.300. The van der Waals surface area contributed by atoms with Crippen LogP contribution in [0.2, 0.25) is 10.0 Å². The quantitative estimate of drug-likeness (QED) is 0.808. The average Bonchev–Trinajstić information content (AvgIpc) is 2.15. The molecule has 0 atom stereocenters. The van der Waals surface area contributed by atoms with Crippen molar-refractivity contribution in [3.8, 4) is 5.75 Å². The lowest BCUT2D eigenvalue weighted by atomic mass is 10.1. The van der Waals surface area contributed by atoms with E-state index in [9.17, 15) is 9.90 Å². The van der Waals surface area contributed by atoms with Crippen molar-refractivity contribution in [3.63, 3.8) is 0 Å². The molecule has 2 nitrogen and oxygen atoms in total. The van der Waals surface area contributed by atoms with Crippen molar-refractivity contribution in [2.75, 3.05) is 0 Å². The summed E-state index contributed by atoms with van der Waals surface area (Å²) in [5.74, 6) is -0.163. The van der Waals surface area contributed by atoms with E-state index in [-0.39, 0.29) is 21.6 Å². The Hall–Kier alpha value is -0.730. The second kappa shape index (κ2) is 4.67. The van der Waals surface area contributed by atoms with E-state index in [0.717, 1.165) is 6.42 Å².